The molecule has 134 valence electrons. The highest BCUT2D eigenvalue weighted by Crippen LogP contribution is 2.27. The lowest BCUT2D eigenvalue weighted by atomic mass is 10.1. The maximum Gasteiger partial charge on any atom is 0.229 e. The molecule has 2 aromatic rings. The summed E-state index contributed by atoms with van der Waals surface area (Å²) in [5.74, 6) is 1.61. The van der Waals surface area contributed by atoms with Gasteiger partial charge in [-0.3, -0.25) is 4.79 Å². The average molecular weight is 343 g/mol. The van der Waals surface area contributed by atoms with Crippen molar-refractivity contribution in [3.63, 3.8) is 0 Å². The van der Waals surface area contributed by atoms with Crippen molar-refractivity contribution in [3.8, 4) is 11.5 Å². The molecule has 0 atom stereocenters. The zero-order valence-electron chi connectivity index (χ0n) is 15.3. The third-order valence-corrected chi connectivity index (χ3v) is 3.36. The maximum atomic E-state index is 12.2. The van der Waals surface area contributed by atoms with Crippen LogP contribution < -0.4 is 20.1 Å². The fourth-order valence-corrected chi connectivity index (χ4v) is 2.34. The van der Waals surface area contributed by atoms with E-state index in [2.05, 4.69) is 36.4 Å². The Bertz CT molecular complexity index is 722. The van der Waals surface area contributed by atoms with Crippen molar-refractivity contribution in [2.24, 2.45) is 0 Å². The number of hydrogen-bond donors (Lipinski definition) is 2. The number of aromatic nitrogens is 1. The minimum absolute atomic E-state index is 0.0418. The molecule has 2 rings (SSSR count). The summed E-state index contributed by atoms with van der Waals surface area (Å²) >= 11 is 0. The fourth-order valence-electron chi connectivity index (χ4n) is 2.34. The molecule has 0 unspecified atom stereocenters. The first-order chi connectivity index (χ1) is 11.8. The lowest BCUT2D eigenvalue weighted by Gasteiger charge is -2.21. The second-order valence-electron chi connectivity index (χ2n) is 6.72. The van der Waals surface area contributed by atoms with E-state index in [4.69, 9.17) is 9.47 Å². The molecule has 1 aromatic carbocycles. The van der Waals surface area contributed by atoms with Gasteiger partial charge < -0.3 is 20.1 Å². The van der Waals surface area contributed by atoms with E-state index in [0.29, 0.717) is 17.3 Å². The number of ether oxygens (including phenoxy) is 2. The van der Waals surface area contributed by atoms with Gasteiger partial charge in [-0.25, -0.2) is 4.98 Å². The van der Waals surface area contributed by atoms with E-state index in [-0.39, 0.29) is 17.9 Å². The Morgan fingerprint density at radius 3 is 2.36 bits per heavy atom. The normalized spacial score (nSPS) is 10.9. The Morgan fingerprint density at radius 1 is 1.08 bits per heavy atom. The van der Waals surface area contributed by atoms with Crippen LogP contribution in [0, 0.1) is 0 Å². The summed E-state index contributed by atoms with van der Waals surface area (Å²) in [5, 5.41) is 6.12. The number of carbonyl (C=O) groups is 1. The molecule has 0 saturated heterocycles. The number of pyridine rings is 1. The van der Waals surface area contributed by atoms with Crippen molar-refractivity contribution in [1.82, 2.24) is 4.98 Å². The summed E-state index contributed by atoms with van der Waals surface area (Å²) in [5.41, 5.74) is 1.70. The van der Waals surface area contributed by atoms with Crippen molar-refractivity contribution in [1.29, 1.82) is 0 Å². The van der Waals surface area contributed by atoms with Crippen LogP contribution >= 0.6 is 0 Å². The van der Waals surface area contributed by atoms with Crippen molar-refractivity contribution in [2.45, 2.75) is 32.7 Å². The molecule has 1 aromatic heterocycles. The predicted molar refractivity (Wildman–Crippen MR) is 99.5 cm³/mol. The molecule has 0 aliphatic carbocycles. The topological polar surface area (TPSA) is 72.5 Å². The van der Waals surface area contributed by atoms with E-state index in [0.717, 1.165) is 11.3 Å². The lowest BCUT2D eigenvalue weighted by Crippen LogP contribution is -2.26. The first-order valence-corrected chi connectivity index (χ1v) is 8.06. The molecule has 6 heteroatoms. The Balaban J connectivity index is 1.98. The number of amides is 1. The molecule has 1 amide bonds. The standard InChI is InChI=1S/C19H25N3O3/c1-19(2,3)22-14-7-9-17(20-12-14)21-18(23)11-13-6-8-15(24-4)16(10-13)25-5/h6-10,12,22H,11H2,1-5H3,(H,20,21,23). The van der Waals surface area contributed by atoms with Crippen LogP contribution in [-0.4, -0.2) is 30.6 Å². The quantitative estimate of drug-likeness (QED) is 0.840. The van der Waals surface area contributed by atoms with Crippen molar-refractivity contribution >= 4 is 17.4 Å². The van der Waals surface area contributed by atoms with Crippen LogP contribution in [0.3, 0.4) is 0 Å². The van der Waals surface area contributed by atoms with Gasteiger partial charge in [-0.15, -0.1) is 0 Å². The van der Waals surface area contributed by atoms with Gasteiger partial charge in [0, 0.05) is 5.54 Å². The molecule has 0 fully saturated rings. The SMILES string of the molecule is COc1ccc(CC(=O)Nc2ccc(NC(C)(C)C)cn2)cc1OC. The molecule has 0 saturated carbocycles. The molecule has 6 nitrogen and oxygen atoms in total. The molecular weight excluding hydrogens is 318 g/mol. The zero-order chi connectivity index (χ0) is 18.4. The van der Waals surface area contributed by atoms with Crippen LogP contribution in [0.15, 0.2) is 36.5 Å². The molecular formula is C19H25N3O3. The number of hydrogen-bond acceptors (Lipinski definition) is 5. The highest BCUT2D eigenvalue weighted by molar-refractivity contribution is 5.91. The van der Waals surface area contributed by atoms with E-state index in [1.807, 2.05) is 12.1 Å². The largest absolute Gasteiger partial charge is 0.493 e. The summed E-state index contributed by atoms with van der Waals surface area (Å²) in [6.07, 6.45) is 1.93. The zero-order valence-corrected chi connectivity index (χ0v) is 15.3. The third-order valence-electron chi connectivity index (χ3n) is 3.36. The summed E-state index contributed by atoms with van der Waals surface area (Å²) < 4.78 is 10.4. The lowest BCUT2D eigenvalue weighted by molar-refractivity contribution is -0.115. The van der Waals surface area contributed by atoms with Gasteiger partial charge in [0.2, 0.25) is 5.91 Å². The van der Waals surface area contributed by atoms with Crippen molar-refractivity contribution < 1.29 is 14.3 Å². The van der Waals surface area contributed by atoms with Crippen molar-refractivity contribution in [3.05, 3.63) is 42.1 Å². The van der Waals surface area contributed by atoms with Gasteiger partial charge in [-0.05, 0) is 50.6 Å². The summed E-state index contributed by atoms with van der Waals surface area (Å²) in [4.78, 5) is 16.5. The minimum atomic E-state index is -0.142. The van der Waals surface area contributed by atoms with Gasteiger partial charge in [0.1, 0.15) is 5.82 Å². The molecule has 0 bridgehead atoms. The number of carbonyl (C=O) groups excluding carboxylic acids is 1. The van der Waals surface area contributed by atoms with Gasteiger partial charge >= 0.3 is 0 Å². The molecule has 0 radical (unpaired) electrons. The predicted octanol–water partition coefficient (Wildman–Crippen LogP) is 3.49. The van der Waals surface area contributed by atoms with Crippen LogP contribution in [0.4, 0.5) is 11.5 Å². The molecule has 0 aliphatic rings. The number of nitrogens with zero attached hydrogens (tertiary/aromatic N) is 1. The van der Waals surface area contributed by atoms with Gasteiger partial charge in [-0.2, -0.15) is 0 Å². The second-order valence-corrected chi connectivity index (χ2v) is 6.72. The first kappa shape index (κ1) is 18.6. The highest BCUT2D eigenvalue weighted by atomic mass is 16.5. The van der Waals surface area contributed by atoms with Gasteiger partial charge in [0.05, 0.1) is 32.5 Å². The van der Waals surface area contributed by atoms with Gasteiger partial charge in [-0.1, -0.05) is 6.07 Å². The fraction of sp³-hybridized carbons (Fsp3) is 0.368. The maximum absolute atomic E-state index is 12.2. The van der Waals surface area contributed by atoms with E-state index in [1.54, 1.807) is 38.6 Å². The Hall–Kier alpha value is -2.76. The van der Waals surface area contributed by atoms with Crippen LogP contribution in [0.25, 0.3) is 0 Å². The second kappa shape index (κ2) is 7.88. The van der Waals surface area contributed by atoms with E-state index < -0.39 is 0 Å². The number of nitrogens with one attached hydrogen (secondary N) is 2. The summed E-state index contributed by atoms with van der Waals surface area (Å²) in [7, 11) is 3.15. The van der Waals surface area contributed by atoms with Crippen molar-refractivity contribution in [2.75, 3.05) is 24.9 Å². The minimum Gasteiger partial charge on any atom is -0.493 e. The number of anilines is 2. The molecule has 0 spiro atoms. The number of rotatable bonds is 6. The van der Waals surface area contributed by atoms with Crippen LogP contribution in [-0.2, 0) is 11.2 Å². The van der Waals surface area contributed by atoms with Gasteiger partial charge in [0.15, 0.2) is 11.5 Å². The van der Waals surface area contributed by atoms with Crippen LogP contribution in [0.5, 0.6) is 11.5 Å². The summed E-state index contributed by atoms with van der Waals surface area (Å²) in [6.45, 7) is 6.23. The first-order valence-electron chi connectivity index (χ1n) is 8.06. The Morgan fingerprint density at radius 2 is 1.80 bits per heavy atom. The Labute approximate surface area is 148 Å². The highest BCUT2D eigenvalue weighted by Gasteiger charge is 2.11. The third kappa shape index (κ3) is 5.67. The van der Waals surface area contributed by atoms with E-state index in [1.165, 1.54) is 0 Å². The molecule has 2 N–H and O–H groups in total. The van der Waals surface area contributed by atoms with Gasteiger partial charge in [0.25, 0.3) is 0 Å². The van der Waals surface area contributed by atoms with E-state index in [9.17, 15) is 4.79 Å². The molecule has 25 heavy (non-hydrogen) atoms. The molecule has 0 aliphatic heterocycles. The average Bonchev–Trinajstić information content (AvgIpc) is 2.55. The number of benzene rings is 1. The summed E-state index contributed by atoms with van der Waals surface area (Å²) in [6, 6.07) is 9.09. The smallest absolute Gasteiger partial charge is 0.229 e. The monoisotopic (exact) mass is 343 g/mol. The Kier molecular flexibility index (Phi) is 5.85. The van der Waals surface area contributed by atoms with E-state index >= 15 is 0 Å². The molecule has 1 heterocycles. The number of methoxy groups -OCH3 is 2. The van der Waals surface area contributed by atoms with Crippen LogP contribution in [0.2, 0.25) is 0 Å². The van der Waals surface area contributed by atoms with Crippen LogP contribution in [0.1, 0.15) is 26.3 Å².